The number of alkyl halides is 1. The van der Waals surface area contributed by atoms with Crippen LogP contribution in [0.5, 0.6) is 5.75 Å². The number of halogens is 1. The van der Waals surface area contributed by atoms with Gasteiger partial charge < -0.3 is 14.0 Å². The molecule has 2 aromatic rings. The molecule has 21 heavy (non-hydrogen) atoms. The van der Waals surface area contributed by atoms with Crippen LogP contribution in [0, 0.1) is 0 Å². The smallest absolute Gasteiger partial charge is 0.147 e. The topological polar surface area (TPSA) is 36.3 Å². The molecule has 0 saturated carbocycles. The van der Waals surface area contributed by atoms with E-state index in [-0.39, 0.29) is 5.54 Å². The fraction of sp³-hybridized carbons (Fsp3) is 0.562. The van der Waals surface area contributed by atoms with Gasteiger partial charge in [0.25, 0.3) is 0 Å². The highest BCUT2D eigenvalue weighted by Gasteiger charge is 2.26. The Morgan fingerprint density at radius 1 is 1.33 bits per heavy atom. The molecule has 0 spiro atoms. The Morgan fingerprint density at radius 3 is 2.71 bits per heavy atom. The molecule has 2 rings (SSSR count). The van der Waals surface area contributed by atoms with Crippen molar-refractivity contribution in [2.75, 3.05) is 20.3 Å². The molecular weight excluding hydrogens is 288 g/mol. The van der Waals surface area contributed by atoms with Crippen molar-refractivity contribution in [2.24, 2.45) is 0 Å². The predicted octanol–water partition coefficient (Wildman–Crippen LogP) is 3.95. The number of fused-ring (bicyclic) bond motifs is 1. The molecule has 0 radical (unpaired) electrons. The standard InChI is InChI=1S/C16H23ClN2O2/c1-5-9-21-13-8-6-7-12-15(13)18-14(10-17)19(12)16(2,3)11-20-4/h6-8H,5,9-11H2,1-4H3. The molecule has 0 aliphatic heterocycles. The van der Waals surface area contributed by atoms with Gasteiger partial charge in [0.15, 0.2) is 0 Å². The van der Waals surface area contributed by atoms with Gasteiger partial charge in [-0.15, -0.1) is 11.6 Å². The van der Waals surface area contributed by atoms with Crippen LogP contribution >= 0.6 is 11.6 Å². The second-order valence-corrected chi connectivity index (χ2v) is 5.98. The molecule has 0 atom stereocenters. The number of hydrogen-bond acceptors (Lipinski definition) is 3. The number of rotatable bonds is 7. The Morgan fingerprint density at radius 2 is 2.10 bits per heavy atom. The quantitative estimate of drug-likeness (QED) is 0.727. The van der Waals surface area contributed by atoms with Gasteiger partial charge in [0.05, 0.1) is 30.1 Å². The van der Waals surface area contributed by atoms with E-state index < -0.39 is 0 Å². The Labute approximate surface area is 131 Å². The lowest BCUT2D eigenvalue weighted by Crippen LogP contribution is -2.32. The van der Waals surface area contributed by atoms with Crippen molar-refractivity contribution in [3.05, 3.63) is 24.0 Å². The van der Waals surface area contributed by atoms with Gasteiger partial charge in [-0.2, -0.15) is 0 Å². The normalized spacial score (nSPS) is 12.0. The molecule has 0 N–H and O–H groups in total. The van der Waals surface area contributed by atoms with Gasteiger partial charge in [0, 0.05) is 7.11 Å². The zero-order valence-electron chi connectivity index (χ0n) is 13.1. The van der Waals surface area contributed by atoms with Crippen LogP contribution in [-0.2, 0) is 16.2 Å². The molecular formula is C16H23ClN2O2. The van der Waals surface area contributed by atoms with Crippen molar-refractivity contribution in [1.82, 2.24) is 9.55 Å². The minimum Gasteiger partial charge on any atom is -0.491 e. The molecule has 1 aromatic carbocycles. The second-order valence-electron chi connectivity index (χ2n) is 5.71. The molecule has 0 fully saturated rings. The van der Waals surface area contributed by atoms with Crippen LogP contribution < -0.4 is 4.74 Å². The molecule has 4 nitrogen and oxygen atoms in total. The number of methoxy groups -OCH3 is 1. The van der Waals surface area contributed by atoms with Gasteiger partial charge in [-0.1, -0.05) is 13.0 Å². The summed E-state index contributed by atoms with van der Waals surface area (Å²) in [4.78, 5) is 4.68. The number of imidazole rings is 1. The third-order valence-corrected chi connectivity index (χ3v) is 3.64. The van der Waals surface area contributed by atoms with Crippen LogP contribution in [0.3, 0.4) is 0 Å². The lowest BCUT2D eigenvalue weighted by atomic mass is 10.1. The van der Waals surface area contributed by atoms with Crippen LogP contribution in [0.25, 0.3) is 11.0 Å². The zero-order valence-corrected chi connectivity index (χ0v) is 13.9. The lowest BCUT2D eigenvalue weighted by Gasteiger charge is -2.28. The molecule has 0 unspecified atom stereocenters. The maximum absolute atomic E-state index is 6.10. The molecule has 1 heterocycles. The lowest BCUT2D eigenvalue weighted by molar-refractivity contribution is 0.110. The van der Waals surface area contributed by atoms with Crippen molar-refractivity contribution in [2.45, 2.75) is 38.6 Å². The Balaban J connectivity index is 2.59. The van der Waals surface area contributed by atoms with E-state index in [0.29, 0.717) is 19.1 Å². The van der Waals surface area contributed by atoms with Crippen molar-refractivity contribution in [3.8, 4) is 5.75 Å². The number of aromatic nitrogens is 2. The SMILES string of the molecule is CCCOc1cccc2c1nc(CCl)n2C(C)(C)COC. The first-order chi connectivity index (χ1) is 10.0. The van der Waals surface area contributed by atoms with Gasteiger partial charge in [-0.05, 0) is 32.4 Å². The van der Waals surface area contributed by atoms with Gasteiger partial charge in [-0.25, -0.2) is 4.98 Å². The monoisotopic (exact) mass is 310 g/mol. The van der Waals surface area contributed by atoms with Crippen molar-refractivity contribution >= 4 is 22.6 Å². The average Bonchev–Trinajstić information content (AvgIpc) is 2.84. The van der Waals surface area contributed by atoms with Crippen LogP contribution in [0.4, 0.5) is 0 Å². The summed E-state index contributed by atoms with van der Waals surface area (Å²) in [7, 11) is 1.71. The highest BCUT2D eigenvalue weighted by molar-refractivity contribution is 6.16. The molecule has 0 aliphatic rings. The van der Waals surface area contributed by atoms with Gasteiger partial charge in [-0.3, -0.25) is 0 Å². The van der Waals surface area contributed by atoms with Gasteiger partial charge >= 0.3 is 0 Å². The summed E-state index contributed by atoms with van der Waals surface area (Å²) in [6.45, 7) is 7.59. The third kappa shape index (κ3) is 3.16. The Kier molecular flexibility index (Phi) is 5.12. The number of hydrogen-bond donors (Lipinski definition) is 0. The van der Waals surface area contributed by atoms with Gasteiger partial charge in [0.2, 0.25) is 0 Å². The summed E-state index contributed by atoms with van der Waals surface area (Å²) in [5.41, 5.74) is 1.67. The predicted molar refractivity (Wildman–Crippen MR) is 86.3 cm³/mol. The van der Waals surface area contributed by atoms with E-state index >= 15 is 0 Å². The fourth-order valence-corrected chi connectivity index (χ4v) is 2.81. The largest absolute Gasteiger partial charge is 0.491 e. The fourth-order valence-electron chi connectivity index (χ4n) is 2.63. The molecule has 0 bridgehead atoms. The maximum Gasteiger partial charge on any atom is 0.147 e. The van der Waals surface area contributed by atoms with Crippen LogP contribution in [0.15, 0.2) is 18.2 Å². The van der Waals surface area contributed by atoms with Crippen LogP contribution in [0.1, 0.15) is 33.0 Å². The first kappa shape index (κ1) is 16.1. The van der Waals surface area contributed by atoms with E-state index in [1.807, 2.05) is 12.1 Å². The van der Waals surface area contributed by atoms with E-state index in [9.17, 15) is 0 Å². The second kappa shape index (κ2) is 6.67. The van der Waals surface area contributed by atoms with Crippen LogP contribution in [0.2, 0.25) is 0 Å². The van der Waals surface area contributed by atoms with Crippen LogP contribution in [-0.4, -0.2) is 29.9 Å². The van der Waals surface area contributed by atoms with E-state index in [1.54, 1.807) is 7.11 Å². The van der Waals surface area contributed by atoms with Crippen molar-refractivity contribution in [3.63, 3.8) is 0 Å². The van der Waals surface area contributed by atoms with E-state index in [0.717, 1.165) is 29.0 Å². The summed E-state index contributed by atoms with van der Waals surface area (Å²) < 4.78 is 13.3. The number of nitrogens with zero attached hydrogens (tertiary/aromatic N) is 2. The summed E-state index contributed by atoms with van der Waals surface area (Å²) in [5, 5.41) is 0. The molecule has 0 amide bonds. The Hall–Kier alpha value is -1.26. The molecule has 116 valence electrons. The highest BCUT2D eigenvalue weighted by Crippen LogP contribution is 2.31. The van der Waals surface area contributed by atoms with Gasteiger partial charge in [0.1, 0.15) is 17.1 Å². The summed E-state index contributed by atoms with van der Waals surface area (Å²) in [6.07, 6.45) is 0.967. The van der Waals surface area contributed by atoms with Crippen molar-refractivity contribution in [1.29, 1.82) is 0 Å². The van der Waals surface area contributed by atoms with Crippen molar-refractivity contribution < 1.29 is 9.47 Å². The molecule has 1 aromatic heterocycles. The third-order valence-electron chi connectivity index (χ3n) is 3.40. The number of benzene rings is 1. The minimum atomic E-state index is -0.225. The average molecular weight is 311 g/mol. The molecule has 0 saturated heterocycles. The number of para-hydroxylation sites is 1. The summed E-state index contributed by atoms with van der Waals surface area (Å²) >= 11 is 6.10. The first-order valence-corrected chi connectivity index (χ1v) is 7.77. The van der Waals surface area contributed by atoms with E-state index in [2.05, 4.69) is 36.4 Å². The minimum absolute atomic E-state index is 0.225. The van der Waals surface area contributed by atoms with E-state index in [4.69, 9.17) is 21.1 Å². The Bertz CT molecular complexity index is 608. The first-order valence-electron chi connectivity index (χ1n) is 7.23. The van der Waals surface area contributed by atoms with E-state index in [1.165, 1.54) is 0 Å². The summed E-state index contributed by atoms with van der Waals surface area (Å²) in [5.74, 6) is 2.00. The maximum atomic E-state index is 6.10. The summed E-state index contributed by atoms with van der Waals surface area (Å²) in [6, 6.07) is 6.00. The highest BCUT2D eigenvalue weighted by atomic mass is 35.5. The zero-order chi connectivity index (χ0) is 15.5. The molecule has 0 aliphatic carbocycles. The molecule has 5 heteroatoms. The number of ether oxygens (including phenoxy) is 2.